The van der Waals surface area contributed by atoms with Gasteiger partial charge in [-0.1, -0.05) is 37.3 Å². The Kier molecular flexibility index (Phi) is 4.93. The normalized spacial score (nSPS) is 19.8. The summed E-state index contributed by atoms with van der Waals surface area (Å²) in [6, 6.07) is 10.3. The number of hydrogen-bond donors (Lipinski definition) is 1. The van der Waals surface area contributed by atoms with Crippen molar-refractivity contribution in [3.63, 3.8) is 0 Å². The molecule has 2 unspecified atom stereocenters. The summed E-state index contributed by atoms with van der Waals surface area (Å²) in [6.45, 7) is 3.08. The number of benzene rings is 1. The Bertz CT molecular complexity index is 552. The lowest BCUT2D eigenvalue weighted by atomic mass is 10.1. The Morgan fingerprint density at radius 1 is 1.33 bits per heavy atom. The topological polar surface area (TPSA) is 51.0 Å². The largest absolute Gasteiger partial charge is 0.422 e. The lowest BCUT2D eigenvalue weighted by Gasteiger charge is -2.15. The number of hydrogen-bond acceptors (Lipinski definition) is 5. The first-order chi connectivity index (χ1) is 10.4. The maximum atomic E-state index is 5.98. The van der Waals surface area contributed by atoms with Gasteiger partial charge in [-0.05, 0) is 37.1 Å². The second-order valence-corrected chi connectivity index (χ2v) is 6.59. The number of aromatic nitrogens is 2. The van der Waals surface area contributed by atoms with E-state index in [0.717, 1.165) is 25.3 Å². The van der Waals surface area contributed by atoms with Crippen LogP contribution in [0.2, 0.25) is 0 Å². The molecular formula is C16H21N3OS. The van der Waals surface area contributed by atoms with E-state index in [9.17, 15) is 0 Å². The second-order valence-electron chi connectivity index (χ2n) is 5.28. The van der Waals surface area contributed by atoms with Crippen LogP contribution in [0.1, 0.15) is 54.8 Å². The van der Waals surface area contributed by atoms with Gasteiger partial charge in [0.1, 0.15) is 6.04 Å². The van der Waals surface area contributed by atoms with Crippen LogP contribution >= 0.6 is 11.8 Å². The van der Waals surface area contributed by atoms with Gasteiger partial charge < -0.3 is 9.73 Å². The van der Waals surface area contributed by atoms with Gasteiger partial charge in [0.05, 0.1) is 5.25 Å². The molecule has 5 heteroatoms. The van der Waals surface area contributed by atoms with Crippen molar-refractivity contribution in [1.82, 2.24) is 15.5 Å². The van der Waals surface area contributed by atoms with E-state index in [1.54, 1.807) is 0 Å². The quantitative estimate of drug-likeness (QED) is 0.881. The summed E-state index contributed by atoms with van der Waals surface area (Å²) in [5, 5.41) is 12.5. The zero-order valence-electron chi connectivity index (χ0n) is 12.3. The number of thioether (sulfide) groups is 1. The minimum atomic E-state index is -0.0150. The van der Waals surface area contributed by atoms with Gasteiger partial charge in [-0.3, -0.25) is 0 Å². The van der Waals surface area contributed by atoms with Gasteiger partial charge in [0.15, 0.2) is 0 Å². The van der Waals surface area contributed by atoms with E-state index in [-0.39, 0.29) is 6.04 Å². The predicted molar refractivity (Wildman–Crippen MR) is 85.3 cm³/mol. The Morgan fingerprint density at radius 3 is 2.90 bits per heavy atom. The van der Waals surface area contributed by atoms with Crippen molar-refractivity contribution in [2.75, 3.05) is 12.3 Å². The summed E-state index contributed by atoms with van der Waals surface area (Å²) >= 11 is 1.92. The van der Waals surface area contributed by atoms with Crippen LogP contribution in [0.5, 0.6) is 0 Å². The lowest BCUT2D eigenvalue weighted by molar-refractivity contribution is 0.402. The first kappa shape index (κ1) is 14.6. The van der Waals surface area contributed by atoms with Gasteiger partial charge in [-0.2, -0.15) is 0 Å². The summed E-state index contributed by atoms with van der Waals surface area (Å²) in [6.07, 6.45) is 3.46. The molecule has 2 atom stereocenters. The van der Waals surface area contributed by atoms with Crippen molar-refractivity contribution in [1.29, 1.82) is 0 Å². The van der Waals surface area contributed by atoms with Crippen LogP contribution in [-0.4, -0.2) is 22.5 Å². The van der Waals surface area contributed by atoms with Gasteiger partial charge >= 0.3 is 0 Å². The van der Waals surface area contributed by atoms with Crippen molar-refractivity contribution < 1.29 is 4.42 Å². The van der Waals surface area contributed by atoms with E-state index in [1.165, 1.54) is 17.7 Å². The molecular weight excluding hydrogens is 282 g/mol. The molecule has 0 aliphatic carbocycles. The monoisotopic (exact) mass is 303 g/mol. The highest BCUT2D eigenvalue weighted by Crippen LogP contribution is 2.39. The maximum absolute atomic E-state index is 5.98. The minimum Gasteiger partial charge on any atom is -0.422 e. The van der Waals surface area contributed by atoms with Crippen molar-refractivity contribution in [2.45, 2.75) is 37.5 Å². The van der Waals surface area contributed by atoms with Crippen LogP contribution in [-0.2, 0) is 0 Å². The van der Waals surface area contributed by atoms with Crippen LogP contribution in [0.15, 0.2) is 34.7 Å². The Balaban J connectivity index is 1.82. The Labute approximate surface area is 129 Å². The molecule has 21 heavy (non-hydrogen) atoms. The highest BCUT2D eigenvalue weighted by Gasteiger charge is 2.26. The van der Waals surface area contributed by atoms with E-state index >= 15 is 0 Å². The smallest absolute Gasteiger partial charge is 0.237 e. The van der Waals surface area contributed by atoms with Crippen LogP contribution in [0.4, 0.5) is 0 Å². The third-order valence-corrected chi connectivity index (χ3v) is 5.00. The number of nitrogens with zero attached hydrogens (tertiary/aromatic N) is 2. The van der Waals surface area contributed by atoms with Crippen molar-refractivity contribution >= 4 is 11.8 Å². The molecule has 1 fully saturated rings. The first-order valence-corrected chi connectivity index (χ1v) is 8.66. The van der Waals surface area contributed by atoms with E-state index < -0.39 is 0 Å². The molecule has 4 nitrogen and oxygen atoms in total. The molecule has 1 aromatic carbocycles. The molecule has 2 aromatic rings. The Hall–Kier alpha value is -1.33. The highest BCUT2D eigenvalue weighted by molar-refractivity contribution is 7.99. The zero-order valence-corrected chi connectivity index (χ0v) is 13.1. The zero-order chi connectivity index (χ0) is 14.5. The predicted octanol–water partition coefficient (Wildman–Crippen LogP) is 3.73. The number of rotatable bonds is 6. The molecule has 0 amide bonds. The average Bonchev–Trinajstić information content (AvgIpc) is 3.20. The molecule has 1 aliphatic rings. The van der Waals surface area contributed by atoms with Crippen molar-refractivity contribution in [3.05, 3.63) is 47.7 Å². The summed E-state index contributed by atoms with van der Waals surface area (Å²) < 4.78 is 5.98. The van der Waals surface area contributed by atoms with E-state index in [1.807, 2.05) is 30.0 Å². The van der Waals surface area contributed by atoms with Gasteiger partial charge in [0.25, 0.3) is 0 Å². The second kappa shape index (κ2) is 7.09. The van der Waals surface area contributed by atoms with Gasteiger partial charge in [0, 0.05) is 0 Å². The summed E-state index contributed by atoms with van der Waals surface area (Å²) in [5.41, 5.74) is 1.17. The lowest BCUT2D eigenvalue weighted by Crippen LogP contribution is -2.23. The van der Waals surface area contributed by atoms with Crippen LogP contribution in [0.25, 0.3) is 0 Å². The standard InChI is InChI=1S/C16H21N3OS/c1-2-10-17-14(12-7-4-3-5-8-12)16-19-18-15(20-16)13-9-6-11-21-13/h3-5,7-8,13-14,17H,2,6,9-11H2,1H3. The molecule has 3 rings (SSSR count). The summed E-state index contributed by atoms with van der Waals surface area (Å²) in [5.74, 6) is 2.65. The molecule has 1 N–H and O–H groups in total. The molecule has 1 aromatic heterocycles. The Morgan fingerprint density at radius 2 is 2.19 bits per heavy atom. The van der Waals surface area contributed by atoms with E-state index in [2.05, 4.69) is 34.6 Å². The van der Waals surface area contributed by atoms with Gasteiger partial charge in [-0.25, -0.2) is 0 Å². The van der Waals surface area contributed by atoms with Crippen LogP contribution < -0.4 is 5.32 Å². The fourth-order valence-electron chi connectivity index (χ4n) is 2.55. The van der Waals surface area contributed by atoms with Gasteiger partial charge in [0.2, 0.25) is 11.8 Å². The molecule has 0 spiro atoms. The molecule has 2 heterocycles. The van der Waals surface area contributed by atoms with Crippen LogP contribution in [0, 0.1) is 0 Å². The first-order valence-electron chi connectivity index (χ1n) is 7.61. The average molecular weight is 303 g/mol. The highest BCUT2D eigenvalue weighted by atomic mass is 32.2. The molecule has 0 bridgehead atoms. The van der Waals surface area contributed by atoms with Crippen LogP contribution in [0.3, 0.4) is 0 Å². The molecule has 1 aliphatic heterocycles. The third-order valence-electron chi connectivity index (χ3n) is 3.64. The minimum absolute atomic E-state index is 0.0150. The van der Waals surface area contributed by atoms with E-state index in [0.29, 0.717) is 11.1 Å². The molecule has 112 valence electrons. The maximum Gasteiger partial charge on any atom is 0.237 e. The van der Waals surface area contributed by atoms with Gasteiger partial charge in [-0.15, -0.1) is 22.0 Å². The summed E-state index contributed by atoms with van der Waals surface area (Å²) in [7, 11) is 0. The van der Waals surface area contributed by atoms with E-state index in [4.69, 9.17) is 4.42 Å². The molecule has 0 saturated carbocycles. The fraction of sp³-hybridized carbons (Fsp3) is 0.500. The summed E-state index contributed by atoms with van der Waals surface area (Å²) in [4.78, 5) is 0. The molecule has 0 radical (unpaired) electrons. The van der Waals surface area contributed by atoms with Crippen molar-refractivity contribution in [3.8, 4) is 0 Å². The fourth-order valence-corrected chi connectivity index (χ4v) is 3.74. The van der Waals surface area contributed by atoms with Crippen molar-refractivity contribution in [2.24, 2.45) is 0 Å². The SMILES string of the molecule is CCCNC(c1ccccc1)c1nnc(C2CCCS2)o1. The number of nitrogens with one attached hydrogen (secondary N) is 1. The molecule has 1 saturated heterocycles. The third kappa shape index (κ3) is 3.47.